The second-order valence-corrected chi connectivity index (χ2v) is 7.43. The van der Waals surface area contributed by atoms with Crippen molar-refractivity contribution in [2.24, 2.45) is 5.73 Å². The first-order chi connectivity index (χ1) is 15.4. The molecule has 3 N–H and O–H groups in total. The maximum Gasteiger partial charge on any atom is 0.268 e. The molecule has 0 unspecified atom stereocenters. The topological polar surface area (TPSA) is 94.0 Å². The van der Waals surface area contributed by atoms with Crippen LogP contribution in [0.4, 0.5) is 4.39 Å². The van der Waals surface area contributed by atoms with Crippen molar-refractivity contribution in [2.45, 2.75) is 37.8 Å². The molecule has 4 heterocycles. The maximum atomic E-state index is 14.4. The number of nitrogens with zero attached hydrogens (tertiary/aromatic N) is 3. The van der Waals surface area contributed by atoms with Gasteiger partial charge in [0.15, 0.2) is 0 Å². The lowest BCUT2D eigenvalue weighted by Crippen LogP contribution is -2.22. The Labute approximate surface area is 186 Å². The number of pyridine rings is 1. The quantitative estimate of drug-likeness (QED) is 0.580. The number of benzene rings is 1. The Hall–Kier alpha value is -3.94. The summed E-state index contributed by atoms with van der Waals surface area (Å²) in [5.74, 6) is 5.16. The van der Waals surface area contributed by atoms with Gasteiger partial charge in [0, 0.05) is 30.2 Å². The molecule has 2 bridgehead atoms. The molecule has 1 amide bonds. The molecule has 1 atom stereocenters. The summed E-state index contributed by atoms with van der Waals surface area (Å²) in [5.41, 5.74) is 7.45. The second kappa shape index (κ2) is 9.91. The molecule has 1 saturated carbocycles. The number of nitrogens with two attached hydrogens (primary N) is 1. The highest BCUT2D eigenvalue weighted by molar-refractivity contribution is 5.91. The van der Waals surface area contributed by atoms with Crippen LogP contribution in [-0.4, -0.2) is 31.7 Å². The molecule has 2 aromatic heterocycles. The minimum absolute atomic E-state index is 0.210. The molecular weight excluding hydrogens is 407 g/mol. The molecule has 32 heavy (non-hydrogen) atoms. The minimum atomic E-state index is -0.834. The lowest BCUT2D eigenvalue weighted by atomic mass is 9.75. The Kier molecular flexibility index (Phi) is 7.04. The van der Waals surface area contributed by atoms with Gasteiger partial charge in [-0.3, -0.25) is 9.78 Å². The van der Waals surface area contributed by atoms with E-state index in [1.54, 1.807) is 24.7 Å². The summed E-state index contributed by atoms with van der Waals surface area (Å²) >= 11 is 0. The molecule has 1 aliphatic carbocycles. The first kappa shape index (κ1) is 22.7. The van der Waals surface area contributed by atoms with Gasteiger partial charge in [0.1, 0.15) is 23.4 Å². The van der Waals surface area contributed by atoms with Crippen LogP contribution >= 0.6 is 0 Å². The maximum absolute atomic E-state index is 14.4. The van der Waals surface area contributed by atoms with Crippen molar-refractivity contribution in [3.63, 3.8) is 0 Å². The molecular formula is C25H23FN4O2. The molecule has 7 heteroatoms. The van der Waals surface area contributed by atoms with Crippen LogP contribution in [-0.2, 0) is 0 Å². The summed E-state index contributed by atoms with van der Waals surface area (Å²) in [7, 11) is 0. The lowest BCUT2D eigenvalue weighted by molar-refractivity contribution is 0.0995. The Bertz CT molecular complexity index is 1160. The minimum Gasteiger partial charge on any atom is -0.381 e. The largest absolute Gasteiger partial charge is 0.381 e. The molecule has 2 aliphatic heterocycles. The van der Waals surface area contributed by atoms with Crippen LogP contribution < -0.4 is 5.73 Å². The molecule has 1 aromatic carbocycles. The van der Waals surface area contributed by atoms with E-state index in [2.05, 4.69) is 34.7 Å². The van der Waals surface area contributed by atoms with E-state index in [1.807, 2.05) is 22.8 Å². The number of imidazole rings is 1. The molecule has 6 rings (SSSR count). The zero-order valence-corrected chi connectivity index (χ0v) is 17.6. The van der Waals surface area contributed by atoms with Crippen molar-refractivity contribution in [1.29, 1.82) is 0 Å². The number of halogens is 1. The number of terminal acetylenes is 1. The summed E-state index contributed by atoms with van der Waals surface area (Å²) in [6.45, 7) is 1.52. The zero-order chi connectivity index (χ0) is 23.3. The summed E-state index contributed by atoms with van der Waals surface area (Å²) in [6.07, 6.45) is 14.1. The number of carbonyl (C=O) groups is 1. The van der Waals surface area contributed by atoms with Crippen molar-refractivity contribution in [1.82, 2.24) is 14.5 Å². The van der Waals surface area contributed by atoms with Crippen molar-refractivity contribution in [2.75, 3.05) is 0 Å². The van der Waals surface area contributed by atoms with Crippen LogP contribution in [0, 0.1) is 30.5 Å². The smallest absolute Gasteiger partial charge is 0.268 e. The van der Waals surface area contributed by atoms with E-state index in [1.165, 1.54) is 13.0 Å². The molecule has 0 spiro atoms. The third-order valence-electron chi connectivity index (χ3n) is 5.29. The van der Waals surface area contributed by atoms with E-state index < -0.39 is 17.8 Å². The van der Waals surface area contributed by atoms with Crippen molar-refractivity contribution >= 4 is 5.91 Å². The summed E-state index contributed by atoms with van der Waals surface area (Å²) in [4.78, 5) is 19.6. The van der Waals surface area contributed by atoms with Gasteiger partial charge in [0.25, 0.3) is 5.91 Å². The Morgan fingerprint density at radius 1 is 1.28 bits per heavy atom. The lowest BCUT2D eigenvalue weighted by Gasteiger charge is -2.34. The van der Waals surface area contributed by atoms with Gasteiger partial charge < -0.3 is 15.4 Å². The van der Waals surface area contributed by atoms with Crippen molar-refractivity contribution < 1.29 is 14.3 Å². The SMILES string of the molecule is C#C.C[C@@H](O)C#Cc1cc2c(cc1F)C1CC(C1)n1cc(C(N)=O)nc1-2.c1ccncc1. The summed E-state index contributed by atoms with van der Waals surface area (Å²) < 4.78 is 16.3. The molecule has 3 aliphatic rings. The number of hydrogen-bond acceptors (Lipinski definition) is 4. The highest BCUT2D eigenvalue weighted by atomic mass is 19.1. The van der Waals surface area contributed by atoms with Crippen LogP contribution in [0.25, 0.3) is 11.4 Å². The number of amides is 1. The van der Waals surface area contributed by atoms with Crippen LogP contribution in [0.3, 0.4) is 0 Å². The monoisotopic (exact) mass is 430 g/mol. The molecule has 6 nitrogen and oxygen atoms in total. The second-order valence-electron chi connectivity index (χ2n) is 7.43. The fourth-order valence-corrected chi connectivity index (χ4v) is 3.77. The van der Waals surface area contributed by atoms with Gasteiger partial charge in [-0.1, -0.05) is 17.9 Å². The first-order valence-electron chi connectivity index (χ1n) is 10.0. The van der Waals surface area contributed by atoms with E-state index >= 15 is 0 Å². The Balaban J connectivity index is 0.000000309. The van der Waals surface area contributed by atoms with Crippen molar-refractivity contribution in [3.8, 4) is 36.1 Å². The summed E-state index contributed by atoms with van der Waals surface area (Å²) in [6, 6.07) is 9.14. The number of aromatic nitrogens is 3. The van der Waals surface area contributed by atoms with Gasteiger partial charge >= 0.3 is 0 Å². The average molecular weight is 430 g/mol. The van der Waals surface area contributed by atoms with Crippen LogP contribution in [0.5, 0.6) is 0 Å². The van der Waals surface area contributed by atoms with Gasteiger partial charge in [-0.25, -0.2) is 9.37 Å². The van der Waals surface area contributed by atoms with Gasteiger partial charge in [0.2, 0.25) is 0 Å². The molecule has 3 aromatic rings. The van der Waals surface area contributed by atoms with Gasteiger partial charge in [-0.2, -0.15) is 0 Å². The van der Waals surface area contributed by atoms with Crippen LogP contribution in [0.2, 0.25) is 0 Å². The molecule has 1 fully saturated rings. The van der Waals surface area contributed by atoms with Gasteiger partial charge in [-0.15, -0.1) is 12.8 Å². The highest BCUT2D eigenvalue weighted by Gasteiger charge is 2.39. The molecule has 162 valence electrons. The van der Waals surface area contributed by atoms with Gasteiger partial charge in [-0.05, 0) is 55.5 Å². The zero-order valence-electron chi connectivity index (χ0n) is 17.6. The number of primary amides is 1. The third-order valence-corrected chi connectivity index (χ3v) is 5.29. The first-order valence-corrected chi connectivity index (χ1v) is 10.0. The standard InChI is InChI=1S/C18H16FN3O2.C5H5N.C2H2/c1-9(23)2-3-10-6-14-13(7-15(10)19)11-4-12(5-11)22-8-16(17(20)24)21-18(14)22;1-2-4-6-5-3-1;1-2/h6-9,11-12,23H,4-5H2,1H3,(H2,20,24);1-5H;1-2H/t9-,11?,12?;;/m1../s1. The fourth-order valence-electron chi connectivity index (χ4n) is 3.77. The van der Waals surface area contributed by atoms with E-state index in [9.17, 15) is 14.3 Å². The third kappa shape index (κ3) is 4.69. The van der Waals surface area contributed by atoms with E-state index in [-0.39, 0.29) is 23.2 Å². The molecule has 0 saturated heterocycles. The Morgan fingerprint density at radius 2 is 1.97 bits per heavy atom. The predicted molar refractivity (Wildman–Crippen MR) is 120 cm³/mol. The number of aliphatic hydroxyl groups excluding tert-OH is 1. The normalized spacial score (nSPS) is 17.7. The summed E-state index contributed by atoms with van der Waals surface area (Å²) in [5, 5.41) is 9.30. The molecule has 0 radical (unpaired) electrons. The number of hydrogen-bond donors (Lipinski definition) is 2. The van der Waals surface area contributed by atoms with E-state index in [4.69, 9.17) is 5.73 Å². The fraction of sp³-hybridized carbons (Fsp3) is 0.240. The predicted octanol–water partition coefficient (Wildman–Crippen LogP) is 3.28. The van der Waals surface area contributed by atoms with Crippen LogP contribution in [0.1, 0.15) is 53.3 Å². The van der Waals surface area contributed by atoms with E-state index in [0.29, 0.717) is 5.82 Å². The number of carbonyl (C=O) groups excluding carboxylic acids is 1. The van der Waals surface area contributed by atoms with Gasteiger partial charge in [0.05, 0.1) is 5.56 Å². The number of aliphatic hydroxyl groups is 1. The number of rotatable bonds is 1. The van der Waals surface area contributed by atoms with E-state index in [0.717, 1.165) is 24.0 Å². The Morgan fingerprint density at radius 3 is 2.50 bits per heavy atom. The van der Waals surface area contributed by atoms with Crippen molar-refractivity contribution in [3.05, 3.63) is 71.6 Å². The average Bonchev–Trinajstić information content (AvgIpc) is 3.11. The highest BCUT2D eigenvalue weighted by Crippen LogP contribution is 2.52. The van der Waals surface area contributed by atoms with Crippen LogP contribution in [0.15, 0.2) is 48.9 Å².